The summed E-state index contributed by atoms with van der Waals surface area (Å²) in [6.45, 7) is 0.155. The number of para-hydroxylation sites is 1. The smallest absolute Gasteiger partial charge is 0.253 e. The quantitative estimate of drug-likeness (QED) is 0.684. The molecule has 0 saturated heterocycles. The number of nitrogens with one attached hydrogen (secondary N) is 2. The highest BCUT2D eigenvalue weighted by Crippen LogP contribution is 2.17. The molecule has 0 bridgehead atoms. The molecular formula is C16H15N3O2. The van der Waals surface area contributed by atoms with E-state index in [4.69, 9.17) is 0 Å². The summed E-state index contributed by atoms with van der Waals surface area (Å²) in [6.07, 6.45) is 4.15. The Hall–Kier alpha value is -2.66. The Labute approximate surface area is 121 Å². The number of hydrogen-bond acceptors (Lipinski definition) is 3. The second-order valence-electron chi connectivity index (χ2n) is 4.75. The van der Waals surface area contributed by atoms with Crippen LogP contribution < -0.4 is 5.32 Å². The van der Waals surface area contributed by atoms with Crippen LogP contribution in [0.4, 0.5) is 0 Å². The molecule has 5 nitrogen and oxygen atoms in total. The third kappa shape index (κ3) is 2.78. The van der Waals surface area contributed by atoms with Crippen LogP contribution in [0.3, 0.4) is 0 Å². The number of nitrogens with zero attached hydrogens (tertiary/aromatic N) is 1. The fourth-order valence-corrected chi connectivity index (χ4v) is 2.25. The van der Waals surface area contributed by atoms with Gasteiger partial charge < -0.3 is 15.4 Å². The van der Waals surface area contributed by atoms with Crippen LogP contribution in [-0.4, -0.2) is 27.5 Å². The standard InChI is InChI=1S/C16H15N3O2/c20-15(11-5-7-17-8-6-11)10-19-16(21)13-9-18-14-4-2-1-3-12(13)14/h1-9,15,18,20H,10H2,(H,19,21). The van der Waals surface area contributed by atoms with E-state index < -0.39 is 6.10 Å². The Balaban J connectivity index is 1.70. The molecule has 21 heavy (non-hydrogen) atoms. The third-order valence-corrected chi connectivity index (χ3v) is 3.38. The molecule has 0 saturated carbocycles. The Morgan fingerprint density at radius 2 is 2.00 bits per heavy atom. The molecule has 3 rings (SSSR count). The SMILES string of the molecule is O=C(NCC(O)c1ccncc1)c1c[nH]c2ccccc12. The predicted molar refractivity (Wildman–Crippen MR) is 79.8 cm³/mol. The van der Waals surface area contributed by atoms with E-state index in [2.05, 4.69) is 15.3 Å². The van der Waals surface area contributed by atoms with Gasteiger partial charge in [-0.05, 0) is 23.8 Å². The number of pyridine rings is 1. The first-order valence-electron chi connectivity index (χ1n) is 6.68. The van der Waals surface area contributed by atoms with Crippen molar-refractivity contribution in [3.8, 4) is 0 Å². The summed E-state index contributed by atoms with van der Waals surface area (Å²) in [6, 6.07) is 11.1. The molecule has 0 aliphatic heterocycles. The normalized spacial score (nSPS) is 12.2. The van der Waals surface area contributed by atoms with E-state index in [1.807, 2.05) is 24.3 Å². The van der Waals surface area contributed by atoms with Gasteiger partial charge in [-0.2, -0.15) is 0 Å². The van der Waals surface area contributed by atoms with Crippen LogP contribution in [0.2, 0.25) is 0 Å². The first kappa shape index (κ1) is 13.3. The zero-order valence-electron chi connectivity index (χ0n) is 11.3. The number of carbonyl (C=O) groups excluding carboxylic acids is 1. The van der Waals surface area contributed by atoms with Crippen molar-refractivity contribution in [3.05, 3.63) is 66.1 Å². The van der Waals surface area contributed by atoms with Gasteiger partial charge in [0.25, 0.3) is 5.91 Å². The van der Waals surface area contributed by atoms with Gasteiger partial charge >= 0.3 is 0 Å². The second kappa shape index (κ2) is 5.76. The van der Waals surface area contributed by atoms with Crippen LogP contribution in [0.25, 0.3) is 10.9 Å². The molecule has 0 aliphatic rings. The molecule has 2 heterocycles. The predicted octanol–water partition coefficient (Wildman–Crippen LogP) is 2.03. The number of hydrogen-bond donors (Lipinski definition) is 3. The average Bonchev–Trinajstić information content (AvgIpc) is 2.97. The van der Waals surface area contributed by atoms with Crippen molar-refractivity contribution in [2.75, 3.05) is 6.54 Å². The van der Waals surface area contributed by atoms with Crippen molar-refractivity contribution in [2.45, 2.75) is 6.10 Å². The van der Waals surface area contributed by atoms with Crippen molar-refractivity contribution in [1.29, 1.82) is 0 Å². The van der Waals surface area contributed by atoms with Crippen LogP contribution in [0.15, 0.2) is 55.0 Å². The highest BCUT2D eigenvalue weighted by molar-refractivity contribution is 6.06. The summed E-state index contributed by atoms with van der Waals surface area (Å²) in [4.78, 5) is 19.2. The van der Waals surface area contributed by atoms with Gasteiger partial charge in [-0.3, -0.25) is 9.78 Å². The zero-order chi connectivity index (χ0) is 14.7. The minimum atomic E-state index is -0.748. The number of rotatable bonds is 4. The van der Waals surface area contributed by atoms with Crippen LogP contribution in [0, 0.1) is 0 Å². The maximum absolute atomic E-state index is 12.2. The number of aromatic nitrogens is 2. The van der Waals surface area contributed by atoms with E-state index in [0.29, 0.717) is 5.56 Å². The lowest BCUT2D eigenvalue weighted by molar-refractivity contribution is 0.0918. The minimum Gasteiger partial charge on any atom is -0.387 e. The first-order chi connectivity index (χ1) is 10.3. The Bertz CT molecular complexity index is 752. The van der Waals surface area contributed by atoms with Crippen LogP contribution >= 0.6 is 0 Å². The number of aromatic amines is 1. The largest absolute Gasteiger partial charge is 0.387 e. The lowest BCUT2D eigenvalue weighted by Gasteiger charge is -2.11. The molecule has 5 heteroatoms. The number of carbonyl (C=O) groups is 1. The van der Waals surface area contributed by atoms with E-state index in [1.165, 1.54) is 0 Å². The molecule has 106 valence electrons. The highest BCUT2D eigenvalue weighted by atomic mass is 16.3. The summed E-state index contributed by atoms with van der Waals surface area (Å²) >= 11 is 0. The number of aliphatic hydroxyl groups excluding tert-OH is 1. The average molecular weight is 281 g/mol. The van der Waals surface area contributed by atoms with Crippen LogP contribution in [0.1, 0.15) is 22.0 Å². The zero-order valence-corrected chi connectivity index (χ0v) is 11.3. The number of H-pyrrole nitrogens is 1. The first-order valence-corrected chi connectivity index (χ1v) is 6.68. The number of amides is 1. The third-order valence-electron chi connectivity index (χ3n) is 3.38. The fourth-order valence-electron chi connectivity index (χ4n) is 2.25. The molecule has 3 aromatic rings. The van der Waals surface area contributed by atoms with Gasteiger partial charge in [0.2, 0.25) is 0 Å². The van der Waals surface area contributed by atoms with Gasteiger partial charge in [-0.15, -0.1) is 0 Å². The lowest BCUT2D eigenvalue weighted by Crippen LogP contribution is -2.28. The van der Waals surface area contributed by atoms with Gasteiger partial charge in [-0.1, -0.05) is 18.2 Å². The molecule has 0 fully saturated rings. The van der Waals surface area contributed by atoms with Crippen molar-refractivity contribution in [3.63, 3.8) is 0 Å². The number of aliphatic hydroxyl groups is 1. The van der Waals surface area contributed by atoms with E-state index >= 15 is 0 Å². The summed E-state index contributed by atoms with van der Waals surface area (Å²) in [5, 5.41) is 13.6. The van der Waals surface area contributed by atoms with Gasteiger partial charge in [-0.25, -0.2) is 0 Å². The van der Waals surface area contributed by atoms with Crippen molar-refractivity contribution >= 4 is 16.8 Å². The van der Waals surface area contributed by atoms with Crippen molar-refractivity contribution in [1.82, 2.24) is 15.3 Å². The topological polar surface area (TPSA) is 78.0 Å². The summed E-state index contributed by atoms with van der Waals surface area (Å²) in [5.74, 6) is -0.208. The molecule has 0 radical (unpaired) electrons. The Kier molecular flexibility index (Phi) is 3.66. The number of fused-ring (bicyclic) bond motifs is 1. The van der Waals surface area contributed by atoms with E-state index in [1.54, 1.807) is 30.7 Å². The monoisotopic (exact) mass is 281 g/mol. The van der Waals surface area contributed by atoms with E-state index in [9.17, 15) is 9.90 Å². The molecule has 0 spiro atoms. The van der Waals surface area contributed by atoms with Crippen molar-refractivity contribution in [2.24, 2.45) is 0 Å². The van der Waals surface area contributed by atoms with E-state index in [0.717, 1.165) is 16.5 Å². The van der Waals surface area contributed by atoms with Crippen LogP contribution in [0.5, 0.6) is 0 Å². The molecule has 3 N–H and O–H groups in total. The Morgan fingerprint density at radius 1 is 1.24 bits per heavy atom. The molecular weight excluding hydrogens is 266 g/mol. The summed E-state index contributed by atoms with van der Waals surface area (Å²) in [7, 11) is 0. The van der Waals surface area contributed by atoms with Crippen molar-refractivity contribution < 1.29 is 9.90 Å². The molecule has 1 aromatic carbocycles. The molecule has 1 unspecified atom stereocenters. The maximum Gasteiger partial charge on any atom is 0.253 e. The minimum absolute atomic E-state index is 0.155. The fraction of sp³-hybridized carbons (Fsp3) is 0.125. The molecule has 2 aromatic heterocycles. The van der Waals surface area contributed by atoms with Gasteiger partial charge in [0, 0.05) is 36.0 Å². The Morgan fingerprint density at radius 3 is 2.81 bits per heavy atom. The highest BCUT2D eigenvalue weighted by Gasteiger charge is 2.13. The van der Waals surface area contributed by atoms with Crippen LogP contribution in [-0.2, 0) is 0 Å². The summed E-state index contributed by atoms with van der Waals surface area (Å²) in [5.41, 5.74) is 2.22. The molecule has 1 amide bonds. The van der Waals surface area contributed by atoms with Gasteiger partial charge in [0.15, 0.2) is 0 Å². The summed E-state index contributed by atoms with van der Waals surface area (Å²) < 4.78 is 0. The van der Waals surface area contributed by atoms with Gasteiger partial charge in [0.05, 0.1) is 11.7 Å². The maximum atomic E-state index is 12.2. The van der Waals surface area contributed by atoms with Gasteiger partial charge in [0.1, 0.15) is 0 Å². The number of benzene rings is 1. The molecule has 0 aliphatic carbocycles. The molecule has 1 atom stereocenters. The van der Waals surface area contributed by atoms with E-state index in [-0.39, 0.29) is 12.5 Å². The lowest BCUT2D eigenvalue weighted by atomic mass is 10.1. The second-order valence-corrected chi connectivity index (χ2v) is 4.75.